The van der Waals surface area contributed by atoms with Crippen LogP contribution in [0.2, 0.25) is 0 Å². The lowest BCUT2D eigenvalue weighted by Crippen LogP contribution is -2.14. The van der Waals surface area contributed by atoms with E-state index in [0.29, 0.717) is 18.5 Å². The number of carboxylic acid groups (broad SMARTS) is 1. The Balaban J connectivity index is 1.71. The van der Waals surface area contributed by atoms with E-state index in [-0.39, 0.29) is 10.5 Å². The first-order chi connectivity index (χ1) is 13.8. The first kappa shape index (κ1) is 20.6. The largest absolute Gasteiger partial charge is 0.478 e. The molecule has 0 unspecified atom stereocenters. The molecule has 0 aliphatic heterocycles. The lowest BCUT2D eigenvalue weighted by atomic mass is 10.0. The van der Waals surface area contributed by atoms with Gasteiger partial charge in [-0.1, -0.05) is 42.5 Å². The normalized spacial score (nSPS) is 11.2. The number of sulfonamides is 1. The summed E-state index contributed by atoms with van der Waals surface area (Å²) < 4.78 is 28.2. The van der Waals surface area contributed by atoms with Gasteiger partial charge in [0.15, 0.2) is 0 Å². The number of carboxylic acids is 1. The van der Waals surface area contributed by atoms with Gasteiger partial charge in [-0.15, -0.1) is 0 Å². The standard InChI is InChI=1S/C23H23NO4S/c1-17-7-4-13-21(15-17)29(27,28)24-22-14-3-2-10-19(22)11-5-8-18-9-6-12-20(16-18)23(25)26/h2-4,6-7,9-10,12-16,24H,5,8,11H2,1H3,(H,25,26). The zero-order chi connectivity index (χ0) is 20.9. The van der Waals surface area contributed by atoms with Crippen LogP contribution in [0.4, 0.5) is 5.69 Å². The summed E-state index contributed by atoms with van der Waals surface area (Å²) in [6.07, 6.45) is 2.15. The molecular formula is C23H23NO4S. The van der Waals surface area contributed by atoms with Crippen LogP contribution in [0.3, 0.4) is 0 Å². The summed E-state index contributed by atoms with van der Waals surface area (Å²) >= 11 is 0. The van der Waals surface area contributed by atoms with Gasteiger partial charge in [-0.3, -0.25) is 4.72 Å². The molecular weight excluding hydrogens is 386 g/mol. The number of hydrogen-bond acceptors (Lipinski definition) is 3. The molecule has 2 N–H and O–H groups in total. The zero-order valence-electron chi connectivity index (χ0n) is 16.1. The molecule has 0 spiro atoms. The van der Waals surface area contributed by atoms with Crippen LogP contribution in [0.1, 0.15) is 33.5 Å². The monoisotopic (exact) mass is 409 g/mol. The van der Waals surface area contributed by atoms with Gasteiger partial charge in [0.2, 0.25) is 0 Å². The maximum Gasteiger partial charge on any atom is 0.335 e. The fraction of sp³-hybridized carbons (Fsp3) is 0.174. The van der Waals surface area contributed by atoms with E-state index < -0.39 is 16.0 Å². The molecule has 0 saturated heterocycles. The summed E-state index contributed by atoms with van der Waals surface area (Å²) in [6, 6.07) is 21.0. The SMILES string of the molecule is Cc1cccc(S(=O)(=O)Nc2ccccc2CCCc2cccc(C(=O)O)c2)c1. The Bertz CT molecular complexity index is 1120. The van der Waals surface area contributed by atoms with Gasteiger partial charge in [0, 0.05) is 0 Å². The summed E-state index contributed by atoms with van der Waals surface area (Å²) in [5, 5.41) is 9.10. The van der Waals surface area contributed by atoms with E-state index in [2.05, 4.69) is 4.72 Å². The lowest BCUT2D eigenvalue weighted by molar-refractivity contribution is 0.0696. The summed E-state index contributed by atoms with van der Waals surface area (Å²) in [7, 11) is -3.67. The van der Waals surface area contributed by atoms with Gasteiger partial charge in [0.25, 0.3) is 10.0 Å². The third-order valence-corrected chi connectivity index (χ3v) is 6.01. The highest BCUT2D eigenvalue weighted by Crippen LogP contribution is 2.22. The fourth-order valence-electron chi connectivity index (χ4n) is 3.17. The van der Waals surface area contributed by atoms with Crippen molar-refractivity contribution >= 4 is 21.7 Å². The van der Waals surface area contributed by atoms with Crippen LogP contribution in [0, 0.1) is 6.92 Å². The lowest BCUT2D eigenvalue weighted by Gasteiger charge is -2.13. The topological polar surface area (TPSA) is 83.5 Å². The highest BCUT2D eigenvalue weighted by atomic mass is 32.2. The molecule has 0 heterocycles. The Morgan fingerprint density at radius 1 is 0.931 bits per heavy atom. The Morgan fingerprint density at radius 2 is 1.69 bits per heavy atom. The minimum Gasteiger partial charge on any atom is -0.478 e. The van der Waals surface area contributed by atoms with Crippen molar-refractivity contribution in [2.75, 3.05) is 4.72 Å². The van der Waals surface area contributed by atoms with Crippen molar-refractivity contribution in [3.8, 4) is 0 Å². The molecule has 150 valence electrons. The van der Waals surface area contributed by atoms with E-state index in [1.54, 1.807) is 48.5 Å². The van der Waals surface area contributed by atoms with Gasteiger partial charge in [0.1, 0.15) is 0 Å². The molecule has 5 nitrogen and oxygen atoms in total. The molecule has 0 aliphatic rings. The second-order valence-electron chi connectivity index (χ2n) is 6.94. The van der Waals surface area contributed by atoms with Gasteiger partial charge in [0.05, 0.1) is 16.1 Å². The average Bonchev–Trinajstić information content (AvgIpc) is 2.69. The van der Waals surface area contributed by atoms with E-state index in [1.807, 2.05) is 31.2 Å². The maximum absolute atomic E-state index is 12.7. The predicted octanol–water partition coefficient (Wildman–Crippen LogP) is 4.67. The van der Waals surface area contributed by atoms with Crippen molar-refractivity contribution < 1.29 is 18.3 Å². The minimum absolute atomic E-state index is 0.234. The molecule has 0 radical (unpaired) electrons. The smallest absolute Gasteiger partial charge is 0.335 e. The van der Waals surface area contributed by atoms with Crippen molar-refractivity contribution in [1.29, 1.82) is 0 Å². The number of rotatable bonds is 8. The van der Waals surface area contributed by atoms with E-state index in [0.717, 1.165) is 23.1 Å². The third kappa shape index (κ3) is 5.45. The first-order valence-electron chi connectivity index (χ1n) is 9.35. The Morgan fingerprint density at radius 3 is 2.45 bits per heavy atom. The van der Waals surface area contributed by atoms with Gasteiger partial charge >= 0.3 is 5.97 Å². The van der Waals surface area contributed by atoms with Gasteiger partial charge in [-0.2, -0.15) is 0 Å². The molecule has 0 amide bonds. The number of nitrogens with one attached hydrogen (secondary N) is 1. The van der Waals surface area contributed by atoms with Crippen LogP contribution < -0.4 is 4.72 Å². The molecule has 6 heteroatoms. The molecule has 0 saturated carbocycles. The Kier molecular flexibility index (Phi) is 6.34. The third-order valence-electron chi connectivity index (χ3n) is 4.65. The van der Waals surface area contributed by atoms with Crippen molar-refractivity contribution in [2.45, 2.75) is 31.1 Å². The molecule has 0 aromatic heterocycles. The Labute approximate surface area is 171 Å². The second kappa shape index (κ2) is 8.92. The molecule has 3 aromatic carbocycles. The number of anilines is 1. The van der Waals surface area contributed by atoms with Crippen molar-refractivity contribution in [2.24, 2.45) is 0 Å². The number of carbonyl (C=O) groups is 1. The van der Waals surface area contributed by atoms with Crippen LogP contribution in [0.5, 0.6) is 0 Å². The van der Waals surface area contributed by atoms with Gasteiger partial charge in [-0.05, 0) is 73.2 Å². The second-order valence-corrected chi connectivity index (χ2v) is 8.62. The number of aromatic carboxylic acids is 1. The molecule has 0 aliphatic carbocycles. The highest BCUT2D eigenvalue weighted by Gasteiger charge is 2.16. The molecule has 0 atom stereocenters. The summed E-state index contributed by atoms with van der Waals surface area (Å²) in [5.74, 6) is -0.942. The fourth-order valence-corrected chi connectivity index (χ4v) is 4.37. The minimum atomic E-state index is -3.67. The van der Waals surface area contributed by atoms with Crippen LogP contribution >= 0.6 is 0 Å². The molecule has 3 aromatic rings. The highest BCUT2D eigenvalue weighted by molar-refractivity contribution is 7.92. The van der Waals surface area contributed by atoms with Crippen LogP contribution in [-0.2, 0) is 22.9 Å². The summed E-state index contributed by atoms with van der Waals surface area (Å²) in [4.78, 5) is 11.3. The van der Waals surface area contributed by atoms with Crippen LogP contribution in [-0.4, -0.2) is 19.5 Å². The molecule has 3 rings (SSSR count). The zero-order valence-corrected chi connectivity index (χ0v) is 16.9. The Hall–Kier alpha value is -3.12. The van der Waals surface area contributed by atoms with E-state index >= 15 is 0 Å². The van der Waals surface area contributed by atoms with E-state index in [4.69, 9.17) is 5.11 Å². The van der Waals surface area contributed by atoms with Crippen LogP contribution in [0.25, 0.3) is 0 Å². The van der Waals surface area contributed by atoms with Crippen molar-refractivity contribution in [3.05, 3.63) is 95.1 Å². The maximum atomic E-state index is 12.7. The van der Waals surface area contributed by atoms with Gasteiger partial charge in [-0.25, -0.2) is 13.2 Å². The van der Waals surface area contributed by atoms with Gasteiger partial charge < -0.3 is 5.11 Å². The molecule has 0 bridgehead atoms. The average molecular weight is 410 g/mol. The summed E-state index contributed by atoms with van der Waals surface area (Å²) in [5.41, 5.74) is 3.56. The molecule has 0 fully saturated rings. The number of aryl methyl sites for hydroxylation is 3. The quantitative estimate of drug-likeness (QED) is 0.566. The van der Waals surface area contributed by atoms with E-state index in [9.17, 15) is 13.2 Å². The first-order valence-corrected chi connectivity index (χ1v) is 10.8. The number of benzene rings is 3. The predicted molar refractivity (Wildman–Crippen MR) is 114 cm³/mol. The van der Waals surface area contributed by atoms with E-state index in [1.165, 1.54) is 0 Å². The number of para-hydroxylation sites is 1. The van der Waals surface area contributed by atoms with Crippen LogP contribution in [0.15, 0.2) is 77.7 Å². The van der Waals surface area contributed by atoms with Crippen molar-refractivity contribution in [1.82, 2.24) is 0 Å². The van der Waals surface area contributed by atoms with Crippen molar-refractivity contribution in [3.63, 3.8) is 0 Å². The molecule has 29 heavy (non-hydrogen) atoms. The summed E-state index contributed by atoms with van der Waals surface area (Å²) in [6.45, 7) is 1.85. The number of hydrogen-bond donors (Lipinski definition) is 2.